The third-order valence-corrected chi connectivity index (χ3v) is 8.24. The van der Waals surface area contributed by atoms with Crippen LogP contribution in [-0.4, -0.2) is 84.0 Å². The van der Waals surface area contributed by atoms with E-state index in [1.165, 1.54) is 13.2 Å². The van der Waals surface area contributed by atoms with Gasteiger partial charge in [0.1, 0.15) is 11.7 Å². The number of rotatable bonds is 7. The van der Waals surface area contributed by atoms with Crippen LogP contribution in [0.15, 0.2) is 18.2 Å². The van der Waals surface area contributed by atoms with Crippen molar-refractivity contribution >= 4 is 28.6 Å². The quantitative estimate of drug-likeness (QED) is 0.575. The molecule has 2 aliphatic rings. The molecule has 3 amide bonds. The van der Waals surface area contributed by atoms with Crippen molar-refractivity contribution in [1.82, 2.24) is 25.0 Å². The molecular formula is C28H40FN5O4. The van der Waals surface area contributed by atoms with Crippen LogP contribution in [0.1, 0.15) is 56.4 Å². The fourth-order valence-corrected chi connectivity index (χ4v) is 5.77. The number of methoxy groups -OCH3 is 1. The van der Waals surface area contributed by atoms with Crippen molar-refractivity contribution in [1.29, 1.82) is 0 Å². The van der Waals surface area contributed by atoms with Gasteiger partial charge in [-0.3, -0.25) is 14.4 Å². The Balaban J connectivity index is 1.49. The molecule has 0 radical (unpaired) electrons. The van der Waals surface area contributed by atoms with E-state index < -0.39 is 17.9 Å². The van der Waals surface area contributed by atoms with Crippen LogP contribution in [-0.2, 0) is 16.6 Å². The summed E-state index contributed by atoms with van der Waals surface area (Å²) < 4.78 is 21.1. The highest BCUT2D eigenvalue weighted by Gasteiger charge is 2.38. The van der Waals surface area contributed by atoms with Gasteiger partial charge in [0.05, 0.1) is 18.7 Å². The number of aryl methyl sites for hydroxylation is 1. The lowest BCUT2D eigenvalue weighted by Gasteiger charge is -2.43. The molecule has 1 aliphatic carbocycles. The first-order valence-corrected chi connectivity index (χ1v) is 13.6. The van der Waals surface area contributed by atoms with Gasteiger partial charge in [-0.1, -0.05) is 19.3 Å². The number of carbonyl (C=O) groups excluding carboxylic acids is 3. The Labute approximate surface area is 223 Å². The average molecular weight is 530 g/mol. The maximum Gasteiger partial charge on any atom is 0.270 e. The number of ether oxygens (including phenoxy) is 1. The zero-order valence-corrected chi connectivity index (χ0v) is 23.1. The number of carbonyl (C=O) groups is 3. The Kier molecular flexibility index (Phi) is 8.60. The Hall–Kier alpha value is -3.14. The first kappa shape index (κ1) is 27.9. The lowest BCUT2D eigenvalue weighted by atomic mass is 9.83. The van der Waals surface area contributed by atoms with Crippen molar-refractivity contribution in [3.05, 3.63) is 29.7 Å². The molecule has 1 aliphatic heterocycles. The van der Waals surface area contributed by atoms with Gasteiger partial charge in [-0.05, 0) is 51.8 Å². The van der Waals surface area contributed by atoms with Gasteiger partial charge in [0.25, 0.3) is 5.91 Å². The zero-order valence-electron chi connectivity index (χ0n) is 23.1. The molecule has 2 aromatic rings. The van der Waals surface area contributed by atoms with Crippen molar-refractivity contribution < 1.29 is 23.5 Å². The second kappa shape index (κ2) is 11.7. The van der Waals surface area contributed by atoms with Crippen molar-refractivity contribution in [2.45, 2.75) is 64.1 Å². The van der Waals surface area contributed by atoms with Gasteiger partial charge >= 0.3 is 0 Å². The molecule has 1 saturated heterocycles. The van der Waals surface area contributed by atoms with Crippen molar-refractivity contribution in [3.63, 3.8) is 0 Å². The van der Waals surface area contributed by atoms with Crippen LogP contribution in [0, 0.1) is 11.7 Å². The lowest BCUT2D eigenvalue weighted by molar-refractivity contribution is -0.142. The van der Waals surface area contributed by atoms with Gasteiger partial charge in [0.15, 0.2) is 11.6 Å². The zero-order chi connectivity index (χ0) is 27.6. The predicted molar refractivity (Wildman–Crippen MR) is 144 cm³/mol. The molecule has 38 heavy (non-hydrogen) atoms. The molecule has 4 rings (SSSR count). The molecule has 0 bridgehead atoms. The van der Waals surface area contributed by atoms with Gasteiger partial charge < -0.3 is 29.7 Å². The number of hydrogen-bond acceptors (Lipinski definition) is 5. The first-order chi connectivity index (χ1) is 18.2. The summed E-state index contributed by atoms with van der Waals surface area (Å²) in [7, 11) is 4.91. The largest absolute Gasteiger partial charge is 0.494 e. The fraction of sp³-hybridized carbons (Fsp3) is 0.607. The molecule has 9 nitrogen and oxygen atoms in total. The monoisotopic (exact) mass is 529 g/mol. The van der Waals surface area contributed by atoms with Gasteiger partial charge in [-0.25, -0.2) is 4.39 Å². The molecule has 0 spiro atoms. The maximum absolute atomic E-state index is 14.2. The van der Waals surface area contributed by atoms with Crippen LogP contribution in [0.5, 0.6) is 5.75 Å². The Bertz CT molecular complexity index is 1190. The summed E-state index contributed by atoms with van der Waals surface area (Å²) in [5, 5.41) is 6.60. The number of aromatic nitrogens is 1. The van der Waals surface area contributed by atoms with E-state index in [9.17, 15) is 18.8 Å². The molecule has 10 heteroatoms. The molecule has 208 valence electrons. The van der Waals surface area contributed by atoms with E-state index in [1.54, 1.807) is 42.6 Å². The summed E-state index contributed by atoms with van der Waals surface area (Å²) in [6, 6.07) is 3.49. The minimum absolute atomic E-state index is 0.0691. The van der Waals surface area contributed by atoms with Gasteiger partial charge in [-0.2, -0.15) is 0 Å². The van der Waals surface area contributed by atoms with Gasteiger partial charge in [0.2, 0.25) is 11.8 Å². The Morgan fingerprint density at radius 1 is 1.11 bits per heavy atom. The third kappa shape index (κ3) is 5.50. The number of benzene rings is 1. The smallest absolute Gasteiger partial charge is 0.270 e. The summed E-state index contributed by atoms with van der Waals surface area (Å²) in [4.78, 5) is 43.6. The predicted octanol–water partition coefficient (Wildman–Crippen LogP) is 2.67. The number of piperazine rings is 1. The summed E-state index contributed by atoms with van der Waals surface area (Å²) in [6.07, 6.45) is 5.12. The van der Waals surface area contributed by atoms with E-state index in [0.717, 1.165) is 32.1 Å². The number of hydrogen-bond donors (Lipinski definition) is 2. The van der Waals surface area contributed by atoms with Crippen molar-refractivity contribution in [3.8, 4) is 5.75 Å². The molecule has 1 aromatic carbocycles. The average Bonchev–Trinajstić information content (AvgIpc) is 3.24. The summed E-state index contributed by atoms with van der Waals surface area (Å²) in [5.41, 5.74) is 1.16. The third-order valence-electron chi connectivity index (χ3n) is 8.24. The van der Waals surface area contributed by atoms with Crippen LogP contribution in [0.4, 0.5) is 4.39 Å². The normalized spacial score (nSPS) is 20.3. The number of likely N-dealkylation sites (N-methyl/N-ethyl adjacent to an activating group) is 1. The Morgan fingerprint density at radius 3 is 2.45 bits per heavy atom. The number of nitrogens with zero attached hydrogens (tertiary/aromatic N) is 3. The van der Waals surface area contributed by atoms with E-state index in [1.807, 2.05) is 11.8 Å². The van der Waals surface area contributed by atoms with E-state index in [0.29, 0.717) is 36.2 Å². The number of nitrogens with one attached hydrogen (secondary N) is 2. The highest BCUT2D eigenvalue weighted by molar-refractivity contribution is 5.99. The highest BCUT2D eigenvalue weighted by Crippen LogP contribution is 2.30. The van der Waals surface area contributed by atoms with Crippen LogP contribution >= 0.6 is 0 Å². The summed E-state index contributed by atoms with van der Waals surface area (Å²) in [6.45, 7) is 4.87. The molecule has 2 heterocycles. The molecule has 2 N–H and O–H groups in total. The number of fused-ring (bicyclic) bond motifs is 1. The molecule has 1 aromatic heterocycles. The minimum Gasteiger partial charge on any atom is -0.494 e. The molecular weight excluding hydrogens is 489 g/mol. The summed E-state index contributed by atoms with van der Waals surface area (Å²) in [5.74, 6) is -0.649. The Morgan fingerprint density at radius 2 is 1.82 bits per heavy atom. The molecule has 3 atom stereocenters. The standard InChI is InChI=1S/C28H40FN5O4/c1-17-16-33(27(36)23-14-20-13-21(29)24(38-5)15-22(20)32(23)4)11-12-34(17)28(37)25(19-9-7-6-8-10-19)31-26(35)18(2)30-3/h13-15,17-19,25,30H,6-12,16H2,1-5H3,(H,31,35)/t17-,18+,25?/m1/s1. The van der Waals surface area contributed by atoms with E-state index >= 15 is 0 Å². The van der Waals surface area contributed by atoms with E-state index in [-0.39, 0.29) is 35.4 Å². The summed E-state index contributed by atoms with van der Waals surface area (Å²) >= 11 is 0. The first-order valence-electron chi connectivity index (χ1n) is 13.6. The van der Waals surface area contributed by atoms with Crippen LogP contribution in [0.25, 0.3) is 10.9 Å². The van der Waals surface area contributed by atoms with Gasteiger partial charge in [0, 0.05) is 44.2 Å². The molecule has 2 fully saturated rings. The second-order valence-corrected chi connectivity index (χ2v) is 10.7. The van der Waals surface area contributed by atoms with E-state index in [4.69, 9.17) is 4.74 Å². The molecule has 1 saturated carbocycles. The van der Waals surface area contributed by atoms with Crippen molar-refractivity contribution in [2.75, 3.05) is 33.8 Å². The SMILES string of the molecule is CN[C@@H](C)C(=O)NC(C(=O)N1CCN(C(=O)c2cc3cc(F)c(OC)cc3n2C)C[C@H]1C)C1CCCCC1. The van der Waals surface area contributed by atoms with Gasteiger partial charge in [-0.15, -0.1) is 0 Å². The second-order valence-electron chi connectivity index (χ2n) is 10.7. The lowest BCUT2D eigenvalue weighted by Crippen LogP contribution is -2.62. The van der Waals surface area contributed by atoms with Crippen LogP contribution in [0.3, 0.4) is 0 Å². The topological polar surface area (TPSA) is 95.9 Å². The number of amides is 3. The fourth-order valence-electron chi connectivity index (χ4n) is 5.77. The highest BCUT2D eigenvalue weighted by atomic mass is 19.1. The minimum atomic E-state index is -0.564. The van der Waals surface area contributed by atoms with Crippen molar-refractivity contribution in [2.24, 2.45) is 13.0 Å². The maximum atomic E-state index is 14.2. The number of halogens is 1. The van der Waals surface area contributed by atoms with E-state index in [2.05, 4.69) is 10.6 Å². The molecule has 1 unspecified atom stereocenters. The van der Waals surface area contributed by atoms with Crippen LogP contribution in [0.2, 0.25) is 0 Å². The van der Waals surface area contributed by atoms with Crippen LogP contribution < -0.4 is 15.4 Å².